The summed E-state index contributed by atoms with van der Waals surface area (Å²) >= 11 is 0. The van der Waals surface area contributed by atoms with Crippen LogP contribution in [0, 0.1) is 5.41 Å². The molecule has 0 nitrogen and oxygen atoms in total. The van der Waals surface area contributed by atoms with Gasteiger partial charge in [0.15, 0.2) is 0 Å². The number of aryl methyl sites for hydroxylation is 1. The van der Waals surface area contributed by atoms with Gasteiger partial charge in [0.2, 0.25) is 0 Å². The second kappa shape index (κ2) is 9.25. The molecule has 1 aromatic rings. The summed E-state index contributed by atoms with van der Waals surface area (Å²) < 4.78 is 0. The molecule has 0 bridgehead atoms. The molecule has 3 heteroatoms. The van der Waals surface area contributed by atoms with E-state index in [-0.39, 0.29) is 56.4 Å². The van der Waals surface area contributed by atoms with Crippen LogP contribution >= 0.6 is 0 Å². The summed E-state index contributed by atoms with van der Waals surface area (Å²) in [6.07, 6.45) is 16.3. The molecule has 0 saturated heterocycles. The van der Waals surface area contributed by atoms with E-state index in [1.165, 1.54) is 43.9 Å². The van der Waals surface area contributed by atoms with Crippen molar-refractivity contribution in [1.82, 2.24) is 0 Å². The second-order valence-corrected chi connectivity index (χ2v) is 7.41. The van der Waals surface area contributed by atoms with Crippen LogP contribution in [-0.4, -0.2) is 0 Å². The molecule has 1 unspecified atom stereocenters. The van der Waals surface area contributed by atoms with Gasteiger partial charge >= 0.3 is 26.2 Å². The van der Waals surface area contributed by atoms with Crippen LogP contribution < -0.4 is 35.3 Å². The fraction of sp³-hybridized carbons (Fsp3) is 0.333. The van der Waals surface area contributed by atoms with Gasteiger partial charge in [-0.2, -0.15) is 0 Å². The summed E-state index contributed by atoms with van der Waals surface area (Å²) in [4.78, 5) is 0. The number of hydrogen-bond donors (Lipinski definition) is 0. The van der Waals surface area contributed by atoms with Gasteiger partial charge in [0, 0.05) is 0 Å². The molecule has 4 rings (SSSR count). The van der Waals surface area contributed by atoms with E-state index in [4.69, 9.17) is 0 Å². The first-order chi connectivity index (χ1) is 11.6. The molecule has 0 aromatic heterocycles. The number of hydrogen-bond acceptors (Lipinski definition) is 0. The molecular formula is C24H25Cl2Zr. The van der Waals surface area contributed by atoms with Crippen molar-refractivity contribution in [2.24, 2.45) is 5.41 Å². The number of allylic oxidation sites excluding steroid dienone is 8. The third-order valence-electron chi connectivity index (χ3n) is 5.85. The minimum absolute atomic E-state index is 0. The summed E-state index contributed by atoms with van der Waals surface area (Å²) in [6.45, 7) is 9.17. The van der Waals surface area contributed by atoms with E-state index in [9.17, 15) is 0 Å². The molecule has 0 heterocycles. The summed E-state index contributed by atoms with van der Waals surface area (Å²) in [5.41, 5.74) is 8.60. The molecule has 0 spiro atoms. The third kappa shape index (κ3) is 3.94. The molecule has 1 aromatic carbocycles. The first kappa shape index (κ1) is 24.4. The fourth-order valence-electron chi connectivity index (χ4n) is 4.41. The standard InChI is InChI=1S/C24H25.2ClH.Zr/c1-5-17-11-12-20-19(13-17)14-21-22(20)16(3)15-24(4,6-2)23(21)18-9-7-8-10-18;;;/h7-9,11-13,15H,5-6,10H2,1-4H3;2*1H;/q-1;;;+3/p-2. The summed E-state index contributed by atoms with van der Waals surface area (Å²) in [6, 6.07) is 6.89. The summed E-state index contributed by atoms with van der Waals surface area (Å²) in [7, 11) is 0. The Bertz CT molecular complexity index is 976. The minimum Gasteiger partial charge on any atom is -1.00 e. The fourth-order valence-corrected chi connectivity index (χ4v) is 4.41. The average Bonchev–Trinajstić information content (AvgIpc) is 3.21. The summed E-state index contributed by atoms with van der Waals surface area (Å²) in [5.74, 6) is 0. The molecule has 0 fully saturated rings. The second-order valence-electron chi connectivity index (χ2n) is 7.41. The van der Waals surface area contributed by atoms with Crippen LogP contribution in [0.15, 0.2) is 64.8 Å². The van der Waals surface area contributed by atoms with Crippen molar-refractivity contribution >= 4 is 11.6 Å². The Morgan fingerprint density at radius 1 is 1.15 bits per heavy atom. The maximum Gasteiger partial charge on any atom is 3.00 e. The molecule has 139 valence electrons. The van der Waals surface area contributed by atoms with Crippen LogP contribution in [-0.2, 0) is 32.6 Å². The van der Waals surface area contributed by atoms with Gasteiger partial charge in [-0.25, -0.2) is 0 Å². The number of benzene rings is 1. The quantitative estimate of drug-likeness (QED) is 0.474. The molecule has 3 aliphatic rings. The molecule has 0 saturated carbocycles. The predicted octanol–water partition coefficient (Wildman–Crippen LogP) is -1.36. The van der Waals surface area contributed by atoms with Gasteiger partial charge in [-0.1, -0.05) is 79.5 Å². The molecule has 1 atom stereocenters. The van der Waals surface area contributed by atoms with Gasteiger partial charge in [-0.3, -0.25) is 0 Å². The van der Waals surface area contributed by atoms with E-state index in [1.54, 1.807) is 0 Å². The van der Waals surface area contributed by atoms with Crippen molar-refractivity contribution in [3.63, 3.8) is 0 Å². The van der Waals surface area contributed by atoms with Crippen LogP contribution in [0.5, 0.6) is 0 Å². The Morgan fingerprint density at radius 2 is 1.89 bits per heavy atom. The van der Waals surface area contributed by atoms with E-state index in [1.807, 2.05) is 0 Å². The van der Waals surface area contributed by atoms with Crippen molar-refractivity contribution in [2.75, 3.05) is 0 Å². The first-order valence-electron chi connectivity index (χ1n) is 9.15. The average molecular weight is 476 g/mol. The monoisotopic (exact) mass is 473 g/mol. The van der Waals surface area contributed by atoms with Crippen molar-refractivity contribution in [1.29, 1.82) is 0 Å². The van der Waals surface area contributed by atoms with Gasteiger partial charge in [0.1, 0.15) is 0 Å². The zero-order chi connectivity index (χ0) is 16.9. The Labute approximate surface area is 194 Å². The van der Waals surface area contributed by atoms with Crippen LogP contribution in [0.25, 0.3) is 11.6 Å². The van der Waals surface area contributed by atoms with Crippen LogP contribution in [0.4, 0.5) is 0 Å². The Balaban J connectivity index is 0.00000121. The maximum atomic E-state index is 3.79. The van der Waals surface area contributed by atoms with Gasteiger partial charge in [0.25, 0.3) is 0 Å². The molecule has 1 radical (unpaired) electrons. The SMILES string of the molecule is CCc1ccc2c(c1)=[C-]C1=C(C3=CC=CC3)C(C)(CC)C=C(C)C=21.[Cl-].[Cl-].[Zr+3]. The molecule has 3 aliphatic carbocycles. The molecular weight excluding hydrogens is 450 g/mol. The molecule has 0 amide bonds. The first-order valence-corrected chi connectivity index (χ1v) is 9.15. The molecule has 0 aliphatic heterocycles. The molecule has 27 heavy (non-hydrogen) atoms. The zero-order valence-corrected chi connectivity index (χ0v) is 20.4. The van der Waals surface area contributed by atoms with Gasteiger partial charge in [-0.15, -0.1) is 33.7 Å². The van der Waals surface area contributed by atoms with Crippen molar-refractivity contribution in [3.05, 3.63) is 80.8 Å². The predicted molar refractivity (Wildman–Crippen MR) is 103 cm³/mol. The van der Waals surface area contributed by atoms with Crippen LogP contribution in [0.1, 0.15) is 46.1 Å². The Morgan fingerprint density at radius 3 is 2.48 bits per heavy atom. The number of rotatable bonds is 3. The van der Waals surface area contributed by atoms with Gasteiger partial charge < -0.3 is 24.8 Å². The van der Waals surface area contributed by atoms with E-state index < -0.39 is 0 Å². The van der Waals surface area contributed by atoms with E-state index >= 15 is 0 Å². The molecule has 0 N–H and O–H groups in total. The normalized spacial score (nSPS) is 21.9. The Hall–Kier alpha value is -0.617. The smallest absolute Gasteiger partial charge is 1.00 e. The third-order valence-corrected chi connectivity index (χ3v) is 5.85. The topological polar surface area (TPSA) is 0 Å². The van der Waals surface area contributed by atoms with Crippen molar-refractivity contribution < 1.29 is 51.0 Å². The van der Waals surface area contributed by atoms with Gasteiger partial charge in [0.05, 0.1) is 0 Å². The Kier molecular flexibility index (Phi) is 8.37. The van der Waals surface area contributed by atoms with E-state index in [0.29, 0.717) is 0 Å². The van der Waals surface area contributed by atoms with Gasteiger partial charge in [-0.05, 0) is 31.6 Å². The van der Waals surface area contributed by atoms with Crippen molar-refractivity contribution in [2.45, 2.75) is 47.0 Å². The number of halogens is 2. The largest absolute Gasteiger partial charge is 3.00 e. The van der Waals surface area contributed by atoms with E-state index in [2.05, 4.69) is 76.3 Å². The number of fused-ring (bicyclic) bond motifs is 2. The minimum atomic E-state index is 0. The zero-order valence-electron chi connectivity index (χ0n) is 16.4. The maximum absolute atomic E-state index is 3.79. The summed E-state index contributed by atoms with van der Waals surface area (Å²) in [5, 5.41) is 2.63. The van der Waals surface area contributed by atoms with Crippen molar-refractivity contribution in [3.8, 4) is 0 Å². The van der Waals surface area contributed by atoms with Crippen LogP contribution in [0.3, 0.4) is 0 Å². The van der Waals surface area contributed by atoms with Crippen LogP contribution in [0.2, 0.25) is 0 Å². The van der Waals surface area contributed by atoms with E-state index in [0.717, 1.165) is 19.3 Å².